The lowest BCUT2D eigenvalue weighted by atomic mass is 9.96. The molecule has 2 fully saturated rings. The predicted octanol–water partition coefficient (Wildman–Crippen LogP) is 1.73. The normalized spacial score (nSPS) is 19.0. The Labute approximate surface area is 147 Å². The summed E-state index contributed by atoms with van der Waals surface area (Å²) in [5.74, 6) is 2.34. The maximum atomic E-state index is 4.68. The summed E-state index contributed by atoms with van der Waals surface area (Å²) >= 11 is 0. The van der Waals surface area contributed by atoms with E-state index in [0.29, 0.717) is 12.0 Å². The SMILES string of the molecule is c1cnc(N2CCN(c3cnnc(NC4CCCCC4)n3)CC2)nc1. The Balaban J connectivity index is 1.37. The second kappa shape index (κ2) is 7.58. The van der Waals surface area contributed by atoms with E-state index in [2.05, 4.69) is 40.3 Å². The summed E-state index contributed by atoms with van der Waals surface area (Å²) in [6.07, 6.45) is 11.6. The Hall–Kier alpha value is -2.51. The van der Waals surface area contributed by atoms with Crippen molar-refractivity contribution < 1.29 is 0 Å². The Kier molecular flexibility index (Phi) is 4.85. The van der Waals surface area contributed by atoms with Gasteiger partial charge in [0.05, 0.1) is 6.20 Å². The van der Waals surface area contributed by atoms with Crippen molar-refractivity contribution in [2.75, 3.05) is 41.3 Å². The molecular formula is C17H24N8. The average molecular weight is 340 g/mol. The van der Waals surface area contributed by atoms with Crippen LogP contribution in [-0.2, 0) is 0 Å². The fourth-order valence-corrected chi connectivity index (χ4v) is 3.53. The smallest absolute Gasteiger partial charge is 0.244 e. The van der Waals surface area contributed by atoms with Gasteiger partial charge in [-0.2, -0.15) is 10.1 Å². The van der Waals surface area contributed by atoms with Crippen LogP contribution in [-0.4, -0.2) is 57.4 Å². The number of piperazine rings is 1. The minimum Gasteiger partial charge on any atom is -0.352 e. The third-order valence-electron chi connectivity index (χ3n) is 4.92. The topological polar surface area (TPSA) is 83.0 Å². The van der Waals surface area contributed by atoms with E-state index in [1.54, 1.807) is 18.6 Å². The van der Waals surface area contributed by atoms with Crippen molar-refractivity contribution in [1.82, 2.24) is 25.1 Å². The minimum absolute atomic E-state index is 0.484. The van der Waals surface area contributed by atoms with Gasteiger partial charge < -0.3 is 15.1 Å². The number of hydrogen-bond donors (Lipinski definition) is 1. The fraction of sp³-hybridized carbons (Fsp3) is 0.588. The monoisotopic (exact) mass is 340 g/mol. The van der Waals surface area contributed by atoms with Gasteiger partial charge in [0.1, 0.15) is 0 Å². The zero-order valence-corrected chi connectivity index (χ0v) is 14.4. The number of nitrogens with one attached hydrogen (secondary N) is 1. The third kappa shape index (κ3) is 3.94. The van der Waals surface area contributed by atoms with Crippen LogP contribution in [0.5, 0.6) is 0 Å². The first-order chi connectivity index (χ1) is 12.4. The maximum Gasteiger partial charge on any atom is 0.244 e. The lowest BCUT2D eigenvalue weighted by molar-refractivity contribution is 0.460. The largest absolute Gasteiger partial charge is 0.352 e. The molecule has 3 heterocycles. The molecule has 0 radical (unpaired) electrons. The molecule has 0 bridgehead atoms. The first kappa shape index (κ1) is 16.0. The van der Waals surface area contributed by atoms with Gasteiger partial charge in [0.2, 0.25) is 11.9 Å². The molecule has 1 saturated carbocycles. The van der Waals surface area contributed by atoms with Crippen molar-refractivity contribution in [2.45, 2.75) is 38.1 Å². The van der Waals surface area contributed by atoms with Gasteiger partial charge in [0.25, 0.3) is 0 Å². The van der Waals surface area contributed by atoms with Crippen LogP contribution in [0.3, 0.4) is 0 Å². The minimum atomic E-state index is 0.484. The maximum absolute atomic E-state index is 4.68. The molecule has 1 N–H and O–H groups in total. The summed E-state index contributed by atoms with van der Waals surface area (Å²) in [5, 5.41) is 11.8. The molecule has 0 spiro atoms. The lowest BCUT2D eigenvalue weighted by Gasteiger charge is -2.35. The predicted molar refractivity (Wildman–Crippen MR) is 96.8 cm³/mol. The molecular weight excluding hydrogens is 316 g/mol. The zero-order valence-electron chi connectivity index (χ0n) is 14.4. The van der Waals surface area contributed by atoms with Gasteiger partial charge in [-0.25, -0.2) is 9.97 Å². The molecule has 25 heavy (non-hydrogen) atoms. The van der Waals surface area contributed by atoms with Crippen molar-refractivity contribution in [2.24, 2.45) is 0 Å². The van der Waals surface area contributed by atoms with Gasteiger partial charge in [0.15, 0.2) is 5.82 Å². The van der Waals surface area contributed by atoms with E-state index in [1.165, 1.54) is 32.1 Å². The molecule has 0 atom stereocenters. The van der Waals surface area contributed by atoms with E-state index < -0.39 is 0 Å². The van der Waals surface area contributed by atoms with Gasteiger partial charge in [-0.3, -0.25) is 0 Å². The Bertz CT molecular complexity index is 665. The van der Waals surface area contributed by atoms with Crippen molar-refractivity contribution in [1.29, 1.82) is 0 Å². The molecule has 2 aromatic rings. The van der Waals surface area contributed by atoms with Gasteiger partial charge in [0, 0.05) is 44.6 Å². The third-order valence-corrected chi connectivity index (χ3v) is 4.92. The van der Waals surface area contributed by atoms with Crippen molar-refractivity contribution in [3.05, 3.63) is 24.7 Å². The standard InChI is InChI=1S/C17H24N8/c1-2-5-14(6-3-1)21-16-22-15(13-20-23-16)24-9-11-25(12-10-24)17-18-7-4-8-19-17/h4,7-8,13-14H,1-3,5-6,9-12H2,(H,21,22,23). The average Bonchev–Trinajstić information content (AvgIpc) is 2.70. The van der Waals surface area contributed by atoms with Crippen LogP contribution in [0.15, 0.2) is 24.7 Å². The molecule has 1 aliphatic heterocycles. The second-order valence-corrected chi connectivity index (χ2v) is 6.64. The molecule has 2 aliphatic rings. The number of rotatable bonds is 4. The van der Waals surface area contributed by atoms with E-state index in [0.717, 1.165) is 37.9 Å². The highest BCUT2D eigenvalue weighted by molar-refractivity contribution is 5.43. The Morgan fingerprint density at radius 1 is 0.920 bits per heavy atom. The summed E-state index contributed by atoms with van der Waals surface area (Å²) in [4.78, 5) is 17.8. The Morgan fingerprint density at radius 3 is 2.40 bits per heavy atom. The molecule has 0 amide bonds. The molecule has 0 aromatic carbocycles. The Morgan fingerprint density at radius 2 is 1.64 bits per heavy atom. The molecule has 8 heteroatoms. The second-order valence-electron chi connectivity index (χ2n) is 6.64. The highest BCUT2D eigenvalue weighted by atomic mass is 15.4. The first-order valence-electron chi connectivity index (χ1n) is 9.12. The number of hydrogen-bond acceptors (Lipinski definition) is 8. The van der Waals surface area contributed by atoms with Crippen LogP contribution in [0.25, 0.3) is 0 Å². The van der Waals surface area contributed by atoms with Crippen LogP contribution in [0, 0.1) is 0 Å². The molecule has 0 unspecified atom stereocenters. The van der Waals surface area contributed by atoms with Gasteiger partial charge in [-0.15, -0.1) is 5.10 Å². The van der Waals surface area contributed by atoms with Crippen LogP contribution in [0.1, 0.15) is 32.1 Å². The quantitative estimate of drug-likeness (QED) is 0.901. The van der Waals surface area contributed by atoms with Crippen molar-refractivity contribution >= 4 is 17.7 Å². The van der Waals surface area contributed by atoms with Crippen molar-refractivity contribution in [3.63, 3.8) is 0 Å². The molecule has 132 valence electrons. The van der Waals surface area contributed by atoms with E-state index in [4.69, 9.17) is 0 Å². The van der Waals surface area contributed by atoms with Crippen LogP contribution < -0.4 is 15.1 Å². The fourth-order valence-electron chi connectivity index (χ4n) is 3.53. The highest BCUT2D eigenvalue weighted by Crippen LogP contribution is 2.21. The molecule has 4 rings (SSSR count). The summed E-state index contributed by atoms with van der Waals surface area (Å²) in [6, 6.07) is 2.32. The van der Waals surface area contributed by atoms with E-state index in [1.807, 2.05) is 6.07 Å². The van der Waals surface area contributed by atoms with Crippen LogP contribution in [0.4, 0.5) is 17.7 Å². The van der Waals surface area contributed by atoms with E-state index in [-0.39, 0.29) is 0 Å². The molecule has 2 aromatic heterocycles. The first-order valence-corrected chi connectivity index (χ1v) is 9.12. The zero-order chi connectivity index (χ0) is 16.9. The summed E-state index contributed by atoms with van der Waals surface area (Å²) in [7, 11) is 0. The van der Waals surface area contributed by atoms with Gasteiger partial charge in [-0.1, -0.05) is 19.3 Å². The highest BCUT2D eigenvalue weighted by Gasteiger charge is 2.21. The number of anilines is 3. The van der Waals surface area contributed by atoms with E-state index in [9.17, 15) is 0 Å². The molecule has 1 saturated heterocycles. The summed E-state index contributed by atoms with van der Waals surface area (Å²) in [6.45, 7) is 3.50. The van der Waals surface area contributed by atoms with Gasteiger partial charge in [-0.05, 0) is 18.9 Å². The van der Waals surface area contributed by atoms with Crippen LogP contribution >= 0.6 is 0 Å². The van der Waals surface area contributed by atoms with Crippen molar-refractivity contribution in [3.8, 4) is 0 Å². The molecule has 1 aliphatic carbocycles. The summed E-state index contributed by atoms with van der Waals surface area (Å²) in [5.41, 5.74) is 0. The number of aromatic nitrogens is 5. The van der Waals surface area contributed by atoms with Crippen LogP contribution in [0.2, 0.25) is 0 Å². The molecule has 8 nitrogen and oxygen atoms in total. The lowest BCUT2D eigenvalue weighted by Crippen LogP contribution is -2.47. The number of nitrogens with zero attached hydrogens (tertiary/aromatic N) is 7. The van der Waals surface area contributed by atoms with E-state index >= 15 is 0 Å². The van der Waals surface area contributed by atoms with Gasteiger partial charge >= 0.3 is 0 Å². The summed E-state index contributed by atoms with van der Waals surface area (Å²) < 4.78 is 0.